The van der Waals surface area contributed by atoms with Crippen LogP contribution in [0.5, 0.6) is 0 Å². The third-order valence-electron chi connectivity index (χ3n) is 0.389. The topological polar surface area (TPSA) is 23.8 Å². The van der Waals surface area contributed by atoms with Crippen LogP contribution >= 0.6 is 22.2 Å². The van der Waals surface area contributed by atoms with Crippen molar-refractivity contribution in [3.05, 3.63) is 0 Å². The molecule has 0 aromatic rings. The molecule has 0 aromatic carbocycles. The molecule has 0 heterocycles. The SMILES string of the molecule is C[Si](Cl)(Cl)CC#N. The molecule has 0 aromatic heterocycles. The van der Waals surface area contributed by atoms with E-state index in [0.29, 0.717) is 6.04 Å². The maximum atomic E-state index is 8.02. The van der Waals surface area contributed by atoms with Crippen LogP contribution in [0.3, 0.4) is 0 Å². The summed E-state index contributed by atoms with van der Waals surface area (Å²) in [6.45, 7) is -0.352. The van der Waals surface area contributed by atoms with Gasteiger partial charge in [-0.1, -0.05) is 0 Å². The summed E-state index contributed by atoms with van der Waals surface area (Å²) in [4.78, 5) is 0. The molecule has 0 aliphatic rings. The van der Waals surface area contributed by atoms with Crippen molar-refractivity contribution >= 4 is 28.9 Å². The first kappa shape index (κ1) is 7.29. The van der Waals surface area contributed by atoms with Gasteiger partial charge in [0.2, 0.25) is 0 Å². The smallest absolute Gasteiger partial charge is 0.199 e. The van der Waals surface area contributed by atoms with Crippen LogP contribution in [-0.2, 0) is 0 Å². The molecule has 0 saturated heterocycles. The quantitative estimate of drug-likeness (QED) is 0.419. The van der Waals surface area contributed by atoms with Gasteiger partial charge < -0.3 is 0 Å². The fourth-order valence-electron chi connectivity index (χ4n) is 0.139. The van der Waals surface area contributed by atoms with Crippen molar-refractivity contribution in [2.24, 2.45) is 0 Å². The summed E-state index contributed by atoms with van der Waals surface area (Å²) in [5.41, 5.74) is 0. The highest BCUT2D eigenvalue weighted by Gasteiger charge is 2.19. The van der Waals surface area contributed by atoms with E-state index in [9.17, 15) is 0 Å². The maximum Gasteiger partial charge on any atom is 0.261 e. The minimum atomic E-state index is -2.07. The number of rotatable bonds is 1. The lowest BCUT2D eigenvalue weighted by Gasteiger charge is -1.99. The molecule has 0 aliphatic carbocycles. The van der Waals surface area contributed by atoms with Gasteiger partial charge in [0.05, 0.1) is 12.1 Å². The van der Waals surface area contributed by atoms with Crippen LogP contribution in [0.15, 0.2) is 0 Å². The lowest BCUT2D eigenvalue weighted by molar-refractivity contribution is 1.47. The van der Waals surface area contributed by atoms with Gasteiger partial charge in [-0.3, -0.25) is 0 Å². The van der Waals surface area contributed by atoms with Crippen LogP contribution in [0.2, 0.25) is 12.6 Å². The second-order valence-corrected chi connectivity index (χ2v) is 9.48. The molecule has 4 heteroatoms. The van der Waals surface area contributed by atoms with Crippen molar-refractivity contribution in [2.75, 3.05) is 0 Å². The van der Waals surface area contributed by atoms with E-state index in [4.69, 9.17) is 27.4 Å². The lowest BCUT2D eigenvalue weighted by Crippen LogP contribution is -2.09. The molecule has 0 radical (unpaired) electrons. The summed E-state index contributed by atoms with van der Waals surface area (Å²) in [7, 11) is 0. The van der Waals surface area contributed by atoms with Gasteiger partial charge in [0.25, 0.3) is 6.69 Å². The monoisotopic (exact) mass is 153 g/mol. The minimum Gasteiger partial charge on any atom is -0.199 e. The van der Waals surface area contributed by atoms with Gasteiger partial charge in [-0.25, -0.2) is 0 Å². The van der Waals surface area contributed by atoms with E-state index in [1.165, 1.54) is 0 Å². The predicted molar refractivity (Wildman–Crippen MR) is 33.7 cm³/mol. The van der Waals surface area contributed by atoms with Crippen LogP contribution in [0.25, 0.3) is 0 Å². The molecular formula is C3H5Cl2NSi. The van der Waals surface area contributed by atoms with Gasteiger partial charge in [-0.05, 0) is 6.55 Å². The summed E-state index contributed by atoms with van der Waals surface area (Å²) in [5, 5.41) is 8.02. The number of halogens is 2. The summed E-state index contributed by atoms with van der Waals surface area (Å²) in [6, 6.07) is 2.22. The highest BCUT2D eigenvalue weighted by molar-refractivity contribution is 7.45. The fourth-order valence-corrected chi connectivity index (χ4v) is 0.775. The molecule has 0 spiro atoms. The average molecular weight is 154 g/mol. The maximum absolute atomic E-state index is 8.02. The molecule has 0 aliphatic heterocycles. The highest BCUT2D eigenvalue weighted by atomic mass is 35.7. The standard InChI is InChI=1S/C3H5Cl2NSi/c1-7(4,5)3-2-6/h3H2,1H3. The Kier molecular flexibility index (Phi) is 2.66. The zero-order valence-corrected chi connectivity index (χ0v) is 6.42. The Balaban J connectivity index is 3.40. The largest absolute Gasteiger partial charge is 0.261 e. The van der Waals surface area contributed by atoms with E-state index < -0.39 is 6.69 Å². The molecule has 40 valence electrons. The summed E-state index contributed by atoms with van der Waals surface area (Å²) in [6.07, 6.45) is 0. The first-order chi connectivity index (χ1) is 3.06. The number of nitrogens with zero attached hydrogens (tertiary/aromatic N) is 1. The zero-order chi connectivity index (χ0) is 5.91. The molecule has 7 heavy (non-hydrogen) atoms. The normalized spacial score (nSPS) is 10.6. The third kappa shape index (κ3) is 6.29. The molecule has 0 unspecified atom stereocenters. The Hall–Kier alpha value is 0.287. The molecule has 0 fully saturated rings. The minimum absolute atomic E-state index is 0.316. The van der Waals surface area contributed by atoms with Crippen LogP contribution in [-0.4, -0.2) is 6.69 Å². The molecule has 0 bridgehead atoms. The van der Waals surface area contributed by atoms with E-state index in [1.54, 1.807) is 6.55 Å². The van der Waals surface area contributed by atoms with Crippen LogP contribution in [0.4, 0.5) is 0 Å². The fraction of sp³-hybridized carbons (Fsp3) is 0.667. The Morgan fingerprint density at radius 1 is 1.71 bits per heavy atom. The third-order valence-corrected chi connectivity index (χ3v) is 1.97. The van der Waals surface area contributed by atoms with E-state index in [0.717, 1.165) is 0 Å². The Morgan fingerprint density at radius 3 is 2.14 bits per heavy atom. The van der Waals surface area contributed by atoms with Crippen molar-refractivity contribution < 1.29 is 0 Å². The van der Waals surface area contributed by atoms with Crippen LogP contribution < -0.4 is 0 Å². The average Bonchev–Trinajstić information content (AvgIpc) is 1.30. The van der Waals surface area contributed by atoms with Crippen molar-refractivity contribution in [1.82, 2.24) is 0 Å². The summed E-state index contributed by atoms with van der Waals surface area (Å²) in [5.74, 6) is 0. The molecule has 0 atom stereocenters. The molecule has 0 amide bonds. The summed E-state index contributed by atoms with van der Waals surface area (Å²) >= 11 is 11.0. The second kappa shape index (κ2) is 2.56. The molecule has 0 rings (SSSR count). The van der Waals surface area contributed by atoms with Gasteiger partial charge in [0.15, 0.2) is 0 Å². The predicted octanol–water partition coefficient (Wildman–Crippen LogP) is 2.06. The van der Waals surface area contributed by atoms with E-state index in [2.05, 4.69) is 0 Å². The summed E-state index contributed by atoms with van der Waals surface area (Å²) < 4.78 is 0. The molecular weight excluding hydrogens is 149 g/mol. The highest BCUT2D eigenvalue weighted by Crippen LogP contribution is 2.17. The Morgan fingerprint density at radius 2 is 2.14 bits per heavy atom. The van der Waals surface area contributed by atoms with Gasteiger partial charge in [-0.15, -0.1) is 22.2 Å². The number of nitriles is 1. The van der Waals surface area contributed by atoms with Gasteiger partial charge in [0, 0.05) is 0 Å². The molecule has 0 N–H and O–H groups in total. The second-order valence-electron chi connectivity index (χ2n) is 1.41. The Labute approximate surface area is 53.3 Å². The number of hydrogen-bond acceptors (Lipinski definition) is 1. The van der Waals surface area contributed by atoms with Gasteiger partial charge in [-0.2, -0.15) is 5.26 Å². The van der Waals surface area contributed by atoms with Crippen molar-refractivity contribution in [3.8, 4) is 6.07 Å². The van der Waals surface area contributed by atoms with Crippen LogP contribution in [0, 0.1) is 11.3 Å². The Bertz CT molecular complexity index is 90.1. The van der Waals surface area contributed by atoms with E-state index in [1.807, 2.05) is 6.07 Å². The van der Waals surface area contributed by atoms with Crippen LogP contribution in [0.1, 0.15) is 0 Å². The van der Waals surface area contributed by atoms with E-state index in [-0.39, 0.29) is 0 Å². The van der Waals surface area contributed by atoms with Crippen molar-refractivity contribution in [3.63, 3.8) is 0 Å². The van der Waals surface area contributed by atoms with Gasteiger partial charge in [0.1, 0.15) is 0 Å². The first-order valence-corrected chi connectivity index (χ1v) is 6.54. The van der Waals surface area contributed by atoms with Gasteiger partial charge >= 0.3 is 0 Å². The first-order valence-electron chi connectivity index (χ1n) is 1.81. The van der Waals surface area contributed by atoms with E-state index >= 15 is 0 Å². The molecule has 0 saturated carbocycles. The van der Waals surface area contributed by atoms with Crippen molar-refractivity contribution in [1.29, 1.82) is 5.26 Å². The molecule has 1 nitrogen and oxygen atoms in total. The lowest BCUT2D eigenvalue weighted by atomic mass is 10.9. The van der Waals surface area contributed by atoms with Crippen molar-refractivity contribution in [2.45, 2.75) is 12.6 Å². The number of hydrogen-bond donors (Lipinski definition) is 0. The zero-order valence-electron chi connectivity index (χ0n) is 3.91.